The number of fused-ring (bicyclic) bond motifs is 8. The fourth-order valence-corrected chi connectivity index (χ4v) is 10.8. The predicted molar refractivity (Wildman–Crippen MR) is 247 cm³/mol. The molecule has 0 unspecified atom stereocenters. The Bertz CT molecular complexity index is 3030. The molecule has 0 aromatic heterocycles. The topological polar surface area (TPSA) is 40.5 Å². The number of hydrogen-bond acceptors (Lipinski definition) is 2. The summed E-state index contributed by atoms with van der Waals surface area (Å²) in [6.45, 7) is 0. The second-order valence-corrected chi connectivity index (χ2v) is 16.3. The molecule has 0 amide bonds. The monoisotopic (exact) mass is 769 g/mol. The van der Waals surface area contributed by atoms with Crippen LogP contribution < -0.4 is 0 Å². The number of phenols is 2. The van der Waals surface area contributed by atoms with Gasteiger partial charge >= 0.3 is 0 Å². The van der Waals surface area contributed by atoms with Crippen molar-refractivity contribution in [1.29, 1.82) is 0 Å². The molecule has 12 rings (SSSR count). The van der Waals surface area contributed by atoms with E-state index in [1.54, 1.807) is 12.1 Å². The van der Waals surface area contributed by atoms with Crippen molar-refractivity contribution >= 4 is 21.5 Å². The van der Waals surface area contributed by atoms with E-state index >= 15 is 0 Å². The molecule has 2 heteroatoms. The van der Waals surface area contributed by atoms with Gasteiger partial charge in [-0.25, -0.2) is 0 Å². The van der Waals surface area contributed by atoms with E-state index in [1.807, 2.05) is 24.3 Å². The lowest BCUT2D eigenvalue weighted by molar-refractivity contribution is 0.475. The van der Waals surface area contributed by atoms with Gasteiger partial charge < -0.3 is 10.2 Å². The number of rotatable bonds is 5. The molecule has 60 heavy (non-hydrogen) atoms. The molecule has 0 bridgehead atoms. The van der Waals surface area contributed by atoms with Crippen LogP contribution in [0.1, 0.15) is 45.9 Å². The van der Waals surface area contributed by atoms with E-state index in [0.29, 0.717) is 0 Å². The van der Waals surface area contributed by atoms with Gasteiger partial charge in [-0.05, 0) is 136 Å². The van der Waals surface area contributed by atoms with Gasteiger partial charge in [-0.1, -0.05) is 182 Å². The fourth-order valence-electron chi connectivity index (χ4n) is 10.8. The van der Waals surface area contributed by atoms with E-state index in [1.165, 1.54) is 66.8 Å². The van der Waals surface area contributed by atoms with Crippen LogP contribution in [-0.4, -0.2) is 10.2 Å². The van der Waals surface area contributed by atoms with E-state index in [9.17, 15) is 10.2 Å². The van der Waals surface area contributed by atoms with Gasteiger partial charge in [0.15, 0.2) is 0 Å². The highest BCUT2D eigenvalue weighted by Gasteiger charge is 2.47. The van der Waals surface area contributed by atoms with Crippen LogP contribution in [0.25, 0.3) is 54.9 Å². The summed E-state index contributed by atoms with van der Waals surface area (Å²) >= 11 is 0. The lowest BCUT2D eigenvalue weighted by atomic mass is 9.67. The van der Waals surface area contributed by atoms with Gasteiger partial charge in [0, 0.05) is 1.43 Å². The Balaban J connectivity index is 0.00000420. The number of aromatic hydroxyl groups is 2. The molecule has 0 heterocycles. The quantitative estimate of drug-likeness (QED) is 0.183. The molecule has 284 valence electrons. The van der Waals surface area contributed by atoms with Crippen molar-refractivity contribution in [1.82, 2.24) is 0 Å². The van der Waals surface area contributed by atoms with Gasteiger partial charge in [-0.2, -0.15) is 0 Å². The Morgan fingerprint density at radius 2 is 0.550 bits per heavy atom. The number of phenolic OH excluding ortho intramolecular Hbond substituents is 2. The summed E-state index contributed by atoms with van der Waals surface area (Å²) in [6.07, 6.45) is 0. The van der Waals surface area contributed by atoms with Crippen molar-refractivity contribution in [2.45, 2.75) is 10.8 Å². The van der Waals surface area contributed by atoms with Crippen molar-refractivity contribution in [3.8, 4) is 44.9 Å². The average molecular weight is 770 g/mol. The average Bonchev–Trinajstić information content (AvgIpc) is 3.78. The first-order chi connectivity index (χ1) is 29.5. The molecule has 0 radical (unpaired) electrons. The first-order valence-corrected chi connectivity index (χ1v) is 20.6. The highest BCUT2D eigenvalue weighted by Crippen LogP contribution is 2.58. The molecule has 0 atom stereocenters. The molecule has 2 aliphatic rings. The molecule has 0 saturated carbocycles. The van der Waals surface area contributed by atoms with Crippen molar-refractivity contribution in [3.63, 3.8) is 0 Å². The Morgan fingerprint density at radius 3 is 0.900 bits per heavy atom. The summed E-state index contributed by atoms with van der Waals surface area (Å²) < 4.78 is 0. The maximum absolute atomic E-state index is 10.3. The SMILES string of the molecule is Oc1ccc2cc(C3(c4ccc(-c5ccc(C6(c7ccc8cc(O)ccc8c7)c7ccccc7-c7ccccc76)cc5)cc4)c4ccccc4-c4ccccc43)ccc2c1.[2HH]. The molecule has 0 spiro atoms. The van der Waals surface area contributed by atoms with Crippen LogP contribution >= 0.6 is 0 Å². The third kappa shape index (κ3) is 4.76. The predicted octanol–water partition coefficient (Wildman–Crippen LogP) is 14.0. The van der Waals surface area contributed by atoms with E-state index in [-0.39, 0.29) is 12.9 Å². The third-order valence-corrected chi connectivity index (χ3v) is 13.4. The molecular formula is C58H40O2. The summed E-state index contributed by atoms with van der Waals surface area (Å²) in [5.74, 6) is 0.544. The van der Waals surface area contributed by atoms with Gasteiger partial charge in [0.25, 0.3) is 0 Å². The first kappa shape index (κ1) is 34.4. The van der Waals surface area contributed by atoms with Crippen LogP contribution in [0.2, 0.25) is 0 Å². The van der Waals surface area contributed by atoms with Crippen LogP contribution in [-0.2, 0) is 10.8 Å². The zero-order valence-electron chi connectivity index (χ0n) is 32.7. The molecule has 2 nitrogen and oxygen atoms in total. The van der Waals surface area contributed by atoms with E-state index in [0.717, 1.165) is 32.7 Å². The maximum Gasteiger partial charge on any atom is 0.116 e. The van der Waals surface area contributed by atoms with Crippen molar-refractivity contribution in [2.75, 3.05) is 0 Å². The molecule has 2 N–H and O–H groups in total. The van der Waals surface area contributed by atoms with Crippen LogP contribution in [0, 0.1) is 0 Å². The van der Waals surface area contributed by atoms with Crippen LogP contribution in [0.5, 0.6) is 11.5 Å². The van der Waals surface area contributed by atoms with Gasteiger partial charge in [0.1, 0.15) is 11.5 Å². The second kappa shape index (κ2) is 12.9. The van der Waals surface area contributed by atoms with Crippen LogP contribution in [0.3, 0.4) is 0 Å². The normalized spacial score (nSPS) is 14.1. The Labute approximate surface area is 350 Å². The first-order valence-electron chi connectivity index (χ1n) is 20.6. The molecular weight excluding hydrogens is 729 g/mol. The van der Waals surface area contributed by atoms with Crippen LogP contribution in [0.15, 0.2) is 218 Å². The van der Waals surface area contributed by atoms with E-state index < -0.39 is 10.8 Å². The summed E-state index contributed by atoms with van der Waals surface area (Å²) in [7, 11) is 0. The number of benzene rings is 10. The minimum absolute atomic E-state index is 0. The zero-order valence-corrected chi connectivity index (χ0v) is 32.7. The zero-order chi connectivity index (χ0) is 40.0. The Morgan fingerprint density at radius 1 is 0.267 bits per heavy atom. The molecule has 10 aromatic carbocycles. The van der Waals surface area contributed by atoms with Crippen molar-refractivity contribution in [2.24, 2.45) is 0 Å². The molecule has 2 aliphatic carbocycles. The largest absolute Gasteiger partial charge is 0.508 e. The van der Waals surface area contributed by atoms with Gasteiger partial charge in [-0.3, -0.25) is 0 Å². The molecule has 0 saturated heterocycles. The van der Waals surface area contributed by atoms with Crippen molar-refractivity contribution < 1.29 is 11.6 Å². The van der Waals surface area contributed by atoms with E-state index in [2.05, 4.69) is 182 Å². The number of hydrogen-bond donors (Lipinski definition) is 2. The Kier molecular flexibility index (Phi) is 7.40. The lowest BCUT2D eigenvalue weighted by Gasteiger charge is -2.34. The van der Waals surface area contributed by atoms with Crippen molar-refractivity contribution in [3.05, 3.63) is 263 Å². The maximum atomic E-state index is 10.3. The van der Waals surface area contributed by atoms with Gasteiger partial charge in [0.2, 0.25) is 0 Å². The summed E-state index contributed by atoms with van der Waals surface area (Å²) in [4.78, 5) is 0. The molecule has 0 fully saturated rings. The Hall–Kier alpha value is -7.68. The fraction of sp³-hybridized carbons (Fsp3) is 0.0345. The highest BCUT2D eigenvalue weighted by atomic mass is 16.3. The lowest BCUT2D eigenvalue weighted by Crippen LogP contribution is -2.28. The summed E-state index contributed by atoms with van der Waals surface area (Å²) in [5.41, 5.74) is 16.2. The standard InChI is InChI=1S/C58H38O2.H2/c59-47-31-23-39-33-45(29-21-41(39)35-47)57(53-13-5-1-9-49(53)50-10-2-6-14-54(50)57)43-25-17-37(18-26-43)38-19-27-44(28-20-38)58(46-30-22-42-36-48(60)32-24-40(42)34-46)55-15-7-3-11-51(55)52-12-4-8-16-56(52)58;/h1-36,59-60H;1H/i;1+1. The molecule has 0 aliphatic heterocycles. The van der Waals surface area contributed by atoms with E-state index in [4.69, 9.17) is 0 Å². The minimum atomic E-state index is -0.532. The minimum Gasteiger partial charge on any atom is -0.508 e. The molecule has 10 aromatic rings. The highest BCUT2D eigenvalue weighted by molar-refractivity contribution is 5.92. The smallest absolute Gasteiger partial charge is 0.116 e. The second-order valence-electron chi connectivity index (χ2n) is 16.3. The van der Waals surface area contributed by atoms with Gasteiger partial charge in [0.05, 0.1) is 10.8 Å². The summed E-state index contributed by atoms with van der Waals surface area (Å²) in [6, 6.07) is 78.4. The van der Waals surface area contributed by atoms with Gasteiger partial charge in [-0.15, -0.1) is 0 Å². The third-order valence-electron chi connectivity index (χ3n) is 13.4. The van der Waals surface area contributed by atoms with Crippen LogP contribution in [0.4, 0.5) is 0 Å². The summed E-state index contributed by atoms with van der Waals surface area (Å²) in [5, 5.41) is 24.8.